The second-order valence-electron chi connectivity index (χ2n) is 5.85. The molecule has 0 aromatic carbocycles. The maximum absolute atomic E-state index is 8.07. The molecule has 0 spiro atoms. The molecule has 20 heavy (non-hydrogen) atoms. The lowest BCUT2D eigenvalue weighted by atomic mass is 9.80. The monoisotopic (exact) mass is 282 g/mol. The molecule has 0 bridgehead atoms. The maximum Gasteiger partial charge on any atom is 0.496 e. The first-order chi connectivity index (χ1) is 12.4. The van der Waals surface area contributed by atoms with Crippen molar-refractivity contribution < 1.29 is 20.3 Å². The summed E-state index contributed by atoms with van der Waals surface area (Å²) < 4.78 is 75.6. The van der Waals surface area contributed by atoms with Gasteiger partial charge in [-0.15, -0.1) is 0 Å². The Kier molecular flexibility index (Phi) is 1.72. The van der Waals surface area contributed by atoms with Crippen molar-refractivity contribution in [1.29, 1.82) is 0 Å². The van der Waals surface area contributed by atoms with Gasteiger partial charge in [0.05, 0.1) is 11.2 Å². The van der Waals surface area contributed by atoms with E-state index in [0.29, 0.717) is 10.4 Å². The van der Waals surface area contributed by atoms with Crippen LogP contribution in [0.5, 0.6) is 0 Å². The smallest absolute Gasteiger partial charge is 0.399 e. The van der Waals surface area contributed by atoms with Crippen molar-refractivity contribution in [3.8, 4) is 0 Å². The highest BCUT2D eigenvalue weighted by Crippen LogP contribution is 2.36. The molecule has 0 amide bonds. The Morgan fingerprint density at radius 1 is 1.15 bits per heavy atom. The normalized spacial score (nSPS) is 40.4. The summed E-state index contributed by atoms with van der Waals surface area (Å²) in [7, 11) is -0.712. The van der Waals surface area contributed by atoms with Crippen LogP contribution in [0.3, 0.4) is 0 Å². The largest absolute Gasteiger partial charge is 0.496 e. The van der Waals surface area contributed by atoms with Gasteiger partial charge in [-0.05, 0) is 46.5 Å². The van der Waals surface area contributed by atoms with E-state index in [1.807, 2.05) is 27.7 Å². The fourth-order valence-corrected chi connectivity index (χ4v) is 1.96. The van der Waals surface area contributed by atoms with E-state index >= 15 is 0 Å². The molecule has 2 aliphatic rings. The van der Waals surface area contributed by atoms with Gasteiger partial charge in [-0.3, -0.25) is 0 Å². The predicted molar refractivity (Wildman–Crippen MR) is 81.4 cm³/mol. The number of hydrogen-bond donors (Lipinski definition) is 0. The zero-order chi connectivity index (χ0) is 21.6. The Balaban J connectivity index is 1.96. The number of aromatic nitrogens is 1. The Morgan fingerprint density at radius 3 is 2.25 bits per heavy atom. The van der Waals surface area contributed by atoms with Gasteiger partial charge in [0.15, 0.2) is 0 Å². The van der Waals surface area contributed by atoms with Crippen LogP contribution in [-0.2, 0) is 9.31 Å². The first-order valence-electron chi connectivity index (χ1n) is 10.5. The van der Waals surface area contributed by atoms with Gasteiger partial charge in [0.25, 0.3) is 0 Å². The van der Waals surface area contributed by atoms with E-state index in [1.54, 1.807) is 0 Å². The molecular weight excluding hydrogens is 251 g/mol. The van der Waals surface area contributed by atoms with Gasteiger partial charge < -0.3 is 14.2 Å². The highest BCUT2D eigenvalue weighted by Gasteiger charge is 2.51. The van der Waals surface area contributed by atoms with E-state index in [0.717, 1.165) is 0 Å². The summed E-state index contributed by atoms with van der Waals surface area (Å²) >= 11 is 0. The first kappa shape index (κ1) is 7.27. The maximum atomic E-state index is 8.07. The minimum Gasteiger partial charge on any atom is -0.399 e. The lowest BCUT2D eigenvalue weighted by Crippen LogP contribution is -2.41. The number of pyridine rings is 1. The van der Waals surface area contributed by atoms with Crippen molar-refractivity contribution in [1.82, 2.24) is 4.98 Å². The molecule has 2 aliphatic heterocycles. The molecule has 2 saturated heterocycles. The predicted octanol–water partition coefficient (Wildman–Crippen LogP) is 1.98. The van der Waals surface area contributed by atoms with Gasteiger partial charge in [0, 0.05) is 35.6 Å². The summed E-state index contributed by atoms with van der Waals surface area (Å²) in [4.78, 5) is 4.50. The van der Waals surface area contributed by atoms with Crippen LogP contribution < -0.4 is 10.4 Å². The van der Waals surface area contributed by atoms with Crippen LogP contribution in [0.25, 0.3) is 0 Å². The van der Waals surface area contributed by atoms with E-state index in [2.05, 4.69) is 4.98 Å². The third kappa shape index (κ3) is 2.33. The molecule has 0 atom stereocenters. The number of anilines is 1. The fraction of sp³-hybridized carbons (Fsp3) is 0.667. The zero-order valence-corrected chi connectivity index (χ0v) is 12.0. The molecule has 3 heterocycles. The highest BCUT2D eigenvalue weighted by atomic mass is 16.7. The highest BCUT2D eigenvalue weighted by molar-refractivity contribution is 6.62. The lowest BCUT2D eigenvalue weighted by Gasteiger charge is -2.32. The van der Waals surface area contributed by atoms with Gasteiger partial charge in [-0.25, -0.2) is 4.98 Å². The van der Waals surface area contributed by atoms with Crippen molar-refractivity contribution in [3.63, 3.8) is 0 Å². The van der Waals surface area contributed by atoms with E-state index in [1.165, 1.54) is 18.3 Å². The average molecular weight is 282 g/mol. The average Bonchev–Trinajstić information content (AvgIpc) is 2.78. The van der Waals surface area contributed by atoms with Crippen LogP contribution in [0, 0.1) is 0 Å². The third-order valence-corrected chi connectivity index (χ3v) is 3.92. The van der Waals surface area contributed by atoms with Gasteiger partial charge >= 0.3 is 7.12 Å². The standard InChI is InChI=1S/C15H23BN2O2/c1-14(2)15(3,4)20-16(19-14)12-7-8-13(17-11-12)18-9-5-6-10-18/h7-8,11H,5-6,9-10H2,1-4H3/i5D2,6D2,9D2,10D2. The summed E-state index contributed by atoms with van der Waals surface area (Å²) in [6.07, 6.45) is -4.86. The Bertz CT molecular complexity index is 743. The zero-order valence-electron chi connectivity index (χ0n) is 20.0. The van der Waals surface area contributed by atoms with Crippen LogP contribution in [-0.4, -0.2) is 36.3 Å². The Hall–Kier alpha value is -1.07. The van der Waals surface area contributed by atoms with Crippen LogP contribution in [0.2, 0.25) is 0 Å². The Morgan fingerprint density at radius 2 is 1.75 bits per heavy atom. The summed E-state index contributed by atoms with van der Waals surface area (Å²) in [6.45, 7) is 1.66. The van der Waals surface area contributed by atoms with Crippen molar-refractivity contribution in [2.24, 2.45) is 0 Å². The van der Waals surface area contributed by atoms with Crippen molar-refractivity contribution >= 4 is 18.4 Å². The molecule has 1 aromatic heterocycles. The van der Waals surface area contributed by atoms with Gasteiger partial charge in [-0.1, -0.05) is 6.07 Å². The second-order valence-corrected chi connectivity index (χ2v) is 5.85. The molecule has 0 radical (unpaired) electrons. The summed E-state index contributed by atoms with van der Waals surface area (Å²) in [6, 6.07) is 2.84. The van der Waals surface area contributed by atoms with Crippen molar-refractivity contribution in [2.45, 2.75) is 51.6 Å². The van der Waals surface area contributed by atoms with E-state index in [4.69, 9.17) is 20.3 Å². The van der Waals surface area contributed by atoms with E-state index in [9.17, 15) is 0 Å². The fourth-order valence-electron chi connectivity index (χ4n) is 1.96. The molecule has 0 unspecified atom stereocenters. The number of rotatable bonds is 2. The molecule has 0 aliphatic carbocycles. The number of nitrogens with zero attached hydrogens (tertiary/aromatic N) is 2. The van der Waals surface area contributed by atoms with E-state index in [-0.39, 0.29) is 5.82 Å². The van der Waals surface area contributed by atoms with Gasteiger partial charge in [0.1, 0.15) is 5.82 Å². The Labute approximate surface area is 132 Å². The molecular formula is C15H23BN2O2. The molecule has 4 nitrogen and oxygen atoms in total. The van der Waals surface area contributed by atoms with Crippen LogP contribution in [0.1, 0.15) is 51.4 Å². The second kappa shape index (κ2) is 4.74. The molecule has 0 saturated carbocycles. The molecule has 5 heteroatoms. The molecule has 3 rings (SSSR count). The minimum absolute atomic E-state index is 0.222. The van der Waals surface area contributed by atoms with Crippen LogP contribution >= 0.6 is 0 Å². The third-order valence-electron chi connectivity index (χ3n) is 3.92. The van der Waals surface area contributed by atoms with Crippen LogP contribution in [0.4, 0.5) is 5.82 Å². The topological polar surface area (TPSA) is 34.6 Å². The van der Waals surface area contributed by atoms with Crippen molar-refractivity contribution in [3.05, 3.63) is 18.3 Å². The van der Waals surface area contributed by atoms with E-state index < -0.39 is 44.1 Å². The number of hydrogen-bond acceptors (Lipinski definition) is 4. The molecule has 108 valence electrons. The minimum atomic E-state index is -3.10. The molecule has 2 fully saturated rings. The van der Waals surface area contributed by atoms with Crippen LogP contribution in [0.15, 0.2) is 18.3 Å². The lowest BCUT2D eigenvalue weighted by molar-refractivity contribution is 0.00578. The van der Waals surface area contributed by atoms with Gasteiger partial charge in [0.2, 0.25) is 0 Å². The van der Waals surface area contributed by atoms with Gasteiger partial charge in [-0.2, -0.15) is 0 Å². The molecule has 0 N–H and O–H groups in total. The first-order valence-corrected chi connectivity index (χ1v) is 6.52. The quantitative estimate of drug-likeness (QED) is 0.777. The summed E-state index contributed by atoms with van der Waals surface area (Å²) in [5.74, 6) is -0.222. The summed E-state index contributed by atoms with van der Waals surface area (Å²) in [5.41, 5.74) is -0.590. The SMILES string of the molecule is [2H]C1([2H])N(c2ccc(B3OC(C)(C)C(C)(C)O3)cn2)C([2H])([2H])C([2H])([2H])C1([2H])[2H]. The molecule has 1 aromatic rings. The summed E-state index contributed by atoms with van der Waals surface area (Å²) in [5, 5.41) is 0. The van der Waals surface area contributed by atoms with Crippen molar-refractivity contribution in [2.75, 3.05) is 17.9 Å².